The highest BCUT2D eigenvalue weighted by Crippen LogP contribution is 2.26. The zero-order valence-electron chi connectivity index (χ0n) is 11.2. The summed E-state index contributed by atoms with van der Waals surface area (Å²) < 4.78 is 5.85. The average Bonchev–Trinajstić information content (AvgIpc) is 2.47. The molecule has 3 nitrogen and oxygen atoms in total. The van der Waals surface area contributed by atoms with Crippen LogP contribution in [0.25, 0.3) is 10.9 Å². The Morgan fingerprint density at radius 1 is 1.05 bits per heavy atom. The fourth-order valence-electron chi connectivity index (χ4n) is 2.16. The highest BCUT2D eigenvalue weighted by Gasteiger charge is 2.03. The monoisotopic (exact) mass is 265 g/mol. The number of aromatic nitrogens is 1. The van der Waals surface area contributed by atoms with Crippen molar-refractivity contribution in [1.82, 2.24) is 4.98 Å². The highest BCUT2D eigenvalue weighted by molar-refractivity contribution is 5.79. The maximum absolute atomic E-state index is 9.17. The topological polar surface area (TPSA) is 42.4 Å². The summed E-state index contributed by atoms with van der Waals surface area (Å²) in [6, 6.07) is 15.4. The van der Waals surface area contributed by atoms with Crippen molar-refractivity contribution in [2.75, 3.05) is 0 Å². The number of aryl methyl sites for hydroxylation is 1. The summed E-state index contributed by atoms with van der Waals surface area (Å²) in [5.41, 5.74) is 2.84. The number of aliphatic hydroxyl groups excluding tert-OH is 1. The molecule has 2 aromatic carbocycles. The summed E-state index contributed by atoms with van der Waals surface area (Å²) in [6.45, 7) is 2.01. The van der Waals surface area contributed by atoms with Gasteiger partial charge in [-0.3, -0.25) is 4.98 Å². The van der Waals surface area contributed by atoms with E-state index >= 15 is 0 Å². The van der Waals surface area contributed by atoms with Gasteiger partial charge in [-0.2, -0.15) is 0 Å². The Morgan fingerprint density at radius 3 is 2.65 bits per heavy atom. The normalized spacial score (nSPS) is 10.7. The second-order valence-corrected chi connectivity index (χ2v) is 4.71. The molecule has 3 heteroatoms. The van der Waals surface area contributed by atoms with E-state index in [1.54, 1.807) is 6.20 Å². The molecule has 1 aromatic heterocycles. The van der Waals surface area contributed by atoms with Gasteiger partial charge in [-0.1, -0.05) is 12.1 Å². The number of fused-ring (bicyclic) bond motifs is 1. The molecule has 3 rings (SSSR count). The van der Waals surface area contributed by atoms with Gasteiger partial charge in [0.1, 0.15) is 11.5 Å². The Labute approximate surface area is 117 Å². The number of aliphatic hydroxyl groups is 1. The quantitative estimate of drug-likeness (QED) is 0.782. The molecule has 0 fully saturated rings. The maximum Gasteiger partial charge on any atom is 0.129 e. The van der Waals surface area contributed by atoms with Gasteiger partial charge in [0, 0.05) is 17.6 Å². The molecule has 0 saturated carbocycles. The van der Waals surface area contributed by atoms with Crippen molar-refractivity contribution in [3.8, 4) is 11.5 Å². The maximum atomic E-state index is 9.17. The van der Waals surface area contributed by atoms with E-state index < -0.39 is 0 Å². The van der Waals surface area contributed by atoms with E-state index in [2.05, 4.69) is 4.98 Å². The van der Waals surface area contributed by atoms with Crippen LogP contribution in [0, 0.1) is 6.92 Å². The molecule has 0 saturated heterocycles. The van der Waals surface area contributed by atoms with Crippen LogP contribution < -0.4 is 4.74 Å². The van der Waals surface area contributed by atoms with E-state index in [1.807, 2.05) is 55.5 Å². The van der Waals surface area contributed by atoms with E-state index in [-0.39, 0.29) is 6.61 Å². The van der Waals surface area contributed by atoms with Gasteiger partial charge >= 0.3 is 0 Å². The van der Waals surface area contributed by atoms with Crippen LogP contribution in [0.5, 0.6) is 11.5 Å². The minimum absolute atomic E-state index is 0.0476. The van der Waals surface area contributed by atoms with Crippen molar-refractivity contribution < 1.29 is 9.84 Å². The first-order chi connectivity index (χ1) is 9.76. The van der Waals surface area contributed by atoms with Crippen LogP contribution in [-0.4, -0.2) is 10.1 Å². The number of nitrogens with zero attached hydrogens (tertiary/aromatic N) is 1. The summed E-state index contributed by atoms with van der Waals surface area (Å²) in [6.07, 6.45) is 1.77. The van der Waals surface area contributed by atoms with E-state index in [0.717, 1.165) is 33.5 Å². The molecule has 0 amide bonds. The van der Waals surface area contributed by atoms with Crippen LogP contribution in [-0.2, 0) is 6.61 Å². The minimum Gasteiger partial charge on any atom is -0.457 e. The van der Waals surface area contributed by atoms with Crippen molar-refractivity contribution in [3.63, 3.8) is 0 Å². The fourth-order valence-corrected chi connectivity index (χ4v) is 2.16. The van der Waals surface area contributed by atoms with Gasteiger partial charge in [-0.15, -0.1) is 0 Å². The second-order valence-electron chi connectivity index (χ2n) is 4.71. The molecule has 3 aromatic rings. The van der Waals surface area contributed by atoms with Gasteiger partial charge in [-0.05, 0) is 48.4 Å². The van der Waals surface area contributed by atoms with Crippen LogP contribution in [0.1, 0.15) is 11.1 Å². The predicted molar refractivity (Wildman–Crippen MR) is 78.9 cm³/mol. The SMILES string of the molecule is Cc1cc(Oc2ccc3cccnc3c2)ccc1CO. The predicted octanol–water partition coefficient (Wildman–Crippen LogP) is 3.83. The molecule has 0 aliphatic rings. The van der Waals surface area contributed by atoms with Gasteiger partial charge in [0.2, 0.25) is 0 Å². The number of hydrogen-bond donors (Lipinski definition) is 1. The number of hydrogen-bond acceptors (Lipinski definition) is 3. The third-order valence-electron chi connectivity index (χ3n) is 3.30. The van der Waals surface area contributed by atoms with Gasteiger partial charge in [-0.25, -0.2) is 0 Å². The lowest BCUT2D eigenvalue weighted by molar-refractivity contribution is 0.281. The molecule has 20 heavy (non-hydrogen) atoms. The summed E-state index contributed by atoms with van der Waals surface area (Å²) in [5, 5.41) is 10.3. The molecule has 0 radical (unpaired) electrons. The van der Waals surface area contributed by atoms with Crippen LogP contribution in [0.4, 0.5) is 0 Å². The van der Waals surface area contributed by atoms with Crippen molar-refractivity contribution in [2.45, 2.75) is 13.5 Å². The molecule has 1 heterocycles. The van der Waals surface area contributed by atoms with E-state index in [1.165, 1.54) is 0 Å². The minimum atomic E-state index is 0.0476. The molecule has 0 unspecified atom stereocenters. The summed E-state index contributed by atoms with van der Waals surface area (Å²) in [7, 11) is 0. The molecule has 0 atom stereocenters. The van der Waals surface area contributed by atoms with Crippen molar-refractivity contribution >= 4 is 10.9 Å². The molecule has 0 aliphatic heterocycles. The molecule has 0 spiro atoms. The largest absolute Gasteiger partial charge is 0.457 e. The average molecular weight is 265 g/mol. The summed E-state index contributed by atoms with van der Waals surface area (Å²) in [5.74, 6) is 1.52. The Hall–Kier alpha value is -2.39. The Bertz CT molecular complexity index is 753. The molecule has 0 aliphatic carbocycles. The highest BCUT2D eigenvalue weighted by atomic mass is 16.5. The summed E-state index contributed by atoms with van der Waals surface area (Å²) in [4.78, 5) is 4.32. The van der Waals surface area contributed by atoms with Gasteiger partial charge in [0.05, 0.1) is 12.1 Å². The molecular formula is C17H15NO2. The molecule has 0 bridgehead atoms. The van der Waals surface area contributed by atoms with Crippen LogP contribution >= 0.6 is 0 Å². The summed E-state index contributed by atoms with van der Waals surface area (Å²) >= 11 is 0. The van der Waals surface area contributed by atoms with Gasteiger partial charge < -0.3 is 9.84 Å². The zero-order chi connectivity index (χ0) is 13.9. The van der Waals surface area contributed by atoms with E-state index in [9.17, 15) is 0 Å². The number of ether oxygens (including phenoxy) is 1. The smallest absolute Gasteiger partial charge is 0.129 e. The van der Waals surface area contributed by atoms with Crippen LogP contribution in [0.2, 0.25) is 0 Å². The Morgan fingerprint density at radius 2 is 1.85 bits per heavy atom. The first-order valence-electron chi connectivity index (χ1n) is 6.49. The molecule has 100 valence electrons. The third kappa shape index (κ3) is 2.49. The molecule has 1 N–H and O–H groups in total. The van der Waals surface area contributed by atoms with E-state index in [0.29, 0.717) is 0 Å². The van der Waals surface area contributed by atoms with Crippen LogP contribution in [0.15, 0.2) is 54.7 Å². The van der Waals surface area contributed by atoms with Crippen molar-refractivity contribution in [3.05, 3.63) is 65.9 Å². The van der Waals surface area contributed by atoms with E-state index in [4.69, 9.17) is 9.84 Å². The first-order valence-corrected chi connectivity index (χ1v) is 6.49. The standard InChI is InChI=1S/C17H15NO2/c1-12-9-15(7-5-14(12)11-19)20-16-6-4-13-3-2-8-18-17(13)10-16/h2-10,19H,11H2,1H3. The first kappa shape index (κ1) is 12.6. The number of benzene rings is 2. The zero-order valence-corrected chi connectivity index (χ0v) is 11.2. The van der Waals surface area contributed by atoms with Gasteiger partial charge in [0.25, 0.3) is 0 Å². The van der Waals surface area contributed by atoms with Crippen molar-refractivity contribution in [1.29, 1.82) is 0 Å². The lowest BCUT2D eigenvalue weighted by atomic mass is 10.1. The van der Waals surface area contributed by atoms with Crippen molar-refractivity contribution in [2.24, 2.45) is 0 Å². The van der Waals surface area contributed by atoms with Crippen LogP contribution in [0.3, 0.4) is 0 Å². The number of rotatable bonds is 3. The molecular weight excluding hydrogens is 250 g/mol. The third-order valence-corrected chi connectivity index (χ3v) is 3.30. The lowest BCUT2D eigenvalue weighted by Crippen LogP contribution is -1.91. The lowest BCUT2D eigenvalue weighted by Gasteiger charge is -2.09. The Balaban J connectivity index is 1.90. The fraction of sp³-hybridized carbons (Fsp3) is 0.118. The van der Waals surface area contributed by atoms with Gasteiger partial charge in [0.15, 0.2) is 0 Å². The Kier molecular flexibility index (Phi) is 3.35. The number of pyridine rings is 1. The second kappa shape index (κ2) is 5.31.